The van der Waals surface area contributed by atoms with Gasteiger partial charge >= 0.3 is 0 Å². The van der Waals surface area contributed by atoms with Crippen LogP contribution in [0.5, 0.6) is 0 Å². The fourth-order valence-corrected chi connectivity index (χ4v) is 3.35. The van der Waals surface area contributed by atoms with Gasteiger partial charge in [-0.15, -0.1) is 0 Å². The second kappa shape index (κ2) is 4.50. The summed E-state index contributed by atoms with van der Waals surface area (Å²) in [5.74, 6) is 1.31. The van der Waals surface area contributed by atoms with Crippen molar-refractivity contribution in [3.8, 4) is 0 Å². The molecule has 0 spiro atoms. The van der Waals surface area contributed by atoms with Crippen LogP contribution in [0.15, 0.2) is 18.2 Å². The average molecular weight is 264 g/mol. The Kier molecular flexibility index (Phi) is 2.98. The van der Waals surface area contributed by atoms with E-state index in [-0.39, 0.29) is 5.82 Å². The van der Waals surface area contributed by atoms with Crippen LogP contribution in [0.4, 0.5) is 4.39 Å². The van der Waals surface area contributed by atoms with Crippen LogP contribution in [0.2, 0.25) is 0 Å². The molecule has 3 rings (SSSR count). The topological polar surface area (TPSA) is 20.7 Å². The lowest BCUT2D eigenvalue weighted by Crippen LogP contribution is -2.07. The molecule has 1 aliphatic rings. The largest absolute Gasteiger partial charge is 0.330 e. The summed E-state index contributed by atoms with van der Waals surface area (Å²) in [6.45, 7) is 3.26. The molecule has 0 radical (unpaired) electrons. The zero-order chi connectivity index (χ0) is 12.7. The number of benzene rings is 1. The second-order valence-electron chi connectivity index (χ2n) is 5.49. The number of imidazole rings is 1. The number of halogens is 1. The van der Waals surface area contributed by atoms with Crippen LogP contribution in [0.1, 0.15) is 26.2 Å². The Labute approximate surface area is 111 Å². The van der Waals surface area contributed by atoms with Gasteiger partial charge in [0.1, 0.15) is 5.82 Å². The highest BCUT2D eigenvalue weighted by molar-refractivity contribution is 7.71. The molecule has 2 atom stereocenters. The van der Waals surface area contributed by atoms with Gasteiger partial charge in [-0.2, -0.15) is 0 Å². The molecule has 1 aromatic carbocycles. The molecule has 1 fully saturated rings. The molecule has 4 heteroatoms. The summed E-state index contributed by atoms with van der Waals surface area (Å²) < 4.78 is 16.0. The first-order chi connectivity index (χ1) is 8.63. The highest BCUT2D eigenvalue weighted by Crippen LogP contribution is 2.32. The van der Waals surface area contributed by atoms with Crippen molar-refractivity contribution in [2.24, 2.45) is 11.8 Å². The van der Waals surface area contributed by atoms with Crippen LogP contribution in [-0.4, -0.2) is 9.55 Å². The quantitative estimate of drug-likeness (QED) is 0.803. The van der Waals surface area contributed by atoms with Crippen molar-refractivity contribution in [2.45, 2.75) is 32.7 Å². The molecule has 2 unspecified atom stereocenters. The Morgan fingerprint density at radius 2 is 2.28 bits per heavy atom. The molecule has 0 saturated heterocycles. The molecule has 0 bridgehead atoms. The van der Waals surface area contributed by atoms with Gasteiger partial charge in [0.25, 0.3) is 0 Å². The van der Waals surface area contributed by atoms with E-state index < -0.39 is 0 Å². The van der Waals surface area contributed by atoms with Crippen LogP contribution in [0.25, 0.3) is 11.0 Å². The predicted molar refractivity (Wildman–Crippen MR) is 73.6 cm³/mol. The molecule has 1 aromatic heterocycles. The van der Waals surface area contributed by atoms with Gasteiger partial charge in [0.05, 0.1) is 11.0 Å². The van der Waals surface area contributed by atoms with E-state index in [2.05, 4.69) is 16.5 Å². The summed E-state index contributed by atoms with van der Waals surface area (Å²) in [6, 6.07) is 4.83. The normalized spacial score (nSPS) is 23.9. The maximum absolute atomic E-state index is 13.2. The number of aromatic amines is 1. The van der Waals surface area contributed by atoms with E-state index in [4.69, 9.17) is 12.2 Å². The Bertz CT molecular complexity index is 628. The number of nitrogens with one attached hydrogen (secondary N) is 1. The fraction of sp³-hybridized carbons (Fsp3) is 0.500. The molecule has 2 nitrogen and oxygen atoms in total. The molecule has 0 amide bonds. The molecule has 1 saturated carbocycles. The lowest BCUT2D eigenvalue weighted by atomic mass is 10.1. The Morgan fingerprint density at radius 1 is 1.44 bits per heavy atom. The van der Waals surface area contributed by atoms with Gasteiger partial charge in [-0.05, 0) is 55.1 Å². The molecular weight excluding hydrogens is 247 g/mol. The minimum atomic E-state index is -0.222. The van der Waals surface area contributed by atoms with Crippen molar-refractivity contribution in [2.75, 3.05) is 0 Å². The van der Waals surface area contributed by atoms with Crippen molar-refractivity contribution in [3.63, 3.8) is 0 Å². The van der Waals surface area contributed by atoms with E-state index in [0.29, 0.717) is 10.7 Å². The number of nitrogens with zero attached hydrogens (tertiary/aromatic N) is 1. The average Bonchev–Trinajstić information content (AvgIpc) is 2.84. The highest BCUT2D eigenvalue weighted by Gasteiger charge is 2.22. The van der Waals surface area contributed by atoms with E-state index in [9.17, 15) is 4.39 Å². The standard InChI is InChI=1S/C14H17FN2S/c1-9-2-3-10(6-9)8-17-13-5-4-11(15)7-12(13)16-14(17)18/h4-5,7,9-10H,2-3,6,8H2,1H3,(H,16,18). The summed E-state index contributed by atoms with van der Waals surface area (Å²) in [4.78, 5) is 3.09. The fourth-order valence-electron chi connectivity index (χ4n) is 3.07. The first-order valence-electron chi connectivity index (χ1n) is 6.51. The highest BCUT2D eigenvalue weighted by atomic mass is 32.1. The number of aromatic nitrogens is 2. The molecule has 0 aliphatic heterocycles. The molecule has 2 aromatic rings. The molecule has 1 N–H and O–H groups in total. The van der Waals surface area contributed by atoms with E-state index in [0.717, 1.165) is 23.5 Å². The van der Waals surface area contributed by atoms with Crippen LogP contribution in [-0.2, 0) is 6.54 Å². The smallest absolute Gasteiger partial charge is 0.178 e. The minimum absolute atomic E-state index is 0.222. The minimum Gasteiger partial charge on any atom is -0.330 e. The maximum Gasteiger partial charge on any atom is 0.178 e. The maximum atomic E-state index is 13.2. The van der Waals surface area contributed by atoms with Crippen molar-refractivity contribution in [3.05, 3.63) is 28.8 Å². The van der Waals surface area contributed by atoms with Crippen molar-refractivity contribution in [1.82, 2.24) is 9.55 Å². The summed E-state index contributed by atoms with van der Waals surface area (Å²) >= 11 is 5.35. The zero-order valence-electron chi connectivity index (χ0n) is 10.4. The predicted octanol–water partition coefficient (Wildman–Crippen LogP) is 4.27. The van der Waals surface area contributed by atoms with Crippen LogP contribution in [0.3, 0.4) is 0 Å². The zero-order valence-corrected chi connectivity index (χ0v) is 11.3. The van der Waals surface area contributed by atoms with Crippen molar-refractivity contribution >= 4 is 23.3 Å². The van der Waals surface area contributed by atoms with E-state index in [1.54, 1.807) is 0 Å². The SMILES string of the molecule is CC1CCC(Cn2c(=S)[nH]c3cc(F)ccc32)C1. The Hall–Kier alpha value is -1.16. The van der Waals surface area contributed by atoms with E-state index >= 15 is 0 Å². The summed E-state index contributed by atoms with van der Waals surface area (Å²) in [6.07, 6.45) is 3.86. The third-order valence-electron chi connectivity index (χ3n) is 3.98. The van der Waals surface area contributed by atoms with Gasteiger partial charge in [0, 0.05) is 6.54 Å². The first-order valence-corrected chi connectivity index (χ1v) is 6.92. The molecular formula is C14H17FN2S. The van der Waals surface area contributed by atoms with Crippen molar-refractivity contribution < 1.29 is 4.39 Å². The van der Waals surface area contributed by atoms with E-state index in [1.807, 2.05) is 6.07 Å². The van der Waals surface area contributed by atoms with Crippen LogP contribution < -0.4 is 0 Å². The molecule has 1 aliphatic carbocycles. The second-order valence-corrected chi connectivity index (χ2v) is 5.87. The summed E-state index contributed by atoms with van der Waals surface area (Å²) in [5, 5.41) is 0. The Balaban J connectivity index is 1.96. The molecule has 18 heavy (non-hydrogen) atoms. The number of hydrogen-bond donors (Lipinski definition) is 1. The third-order valence-corrected chi connectivity index (χ3v) is 4.30. The molecule has 1 heterocycles. The summed E-state index contributed by atoms with van der Waals surface area (Å²) in [7, 11) is 0. The van der Waals surface area contributed by atoms with Gasteiger partial charge < -0.3 is 9.55 Å². The van der Waals surface area contributed by atoms with Gasteiger partial charge in [-0.3, -0.25) is 0 Å². The summed E-state index contributed by atoms with van der Waals surface area (Å²) in [5.41, 5.74) is 1.81. The monoisotopic (exact) mass is 264 g/mol. The van der Waals surface area contributed by atoms with Gasteiger partial charge in [0.15, 0.2) is 4.77 Å². The van der Waals surface area contributed by atoms with E-state index in [1.165, 1.54) is 31.4 Å². The lowest BCUT2D eigenvalue weighted by Gasteiger charge is -2.11. The third kappa shape index (κ3) is 2.09. The number of fused-ring (bicyclic) bond motifs is 1. The van der Waals surface area contributed by atoms with Gasteiger partial charge in [-0.25, -0.2) is 4.39 Å². The molecule has 96 valence electrons. The van der Waals surface area contributed by atoms with Gasteiger partial charge in [-0.1, -0.05) is 13.3 Å². The van der Waals surface area contributed by atoms with Crippen LogP contribution in [0, 0.1) is 22.4 Å². The van der Waals surface area contributed by atoms with Crippen LogP contribution >= 0.6 is 12.2 Å². The first kappa shape index (κ1) is 11.9. The lowest BCUT2D eigenvalue weighted by molar-refractivity contribution is 0.444. The van der Waals surface area contributed by atoms with Crippen molar-refractivity contribution in [1.29, 1.82) is 0 Å². The number of rotatable bonds is 2. The number of hydrogen-bond acceptors (Lipinski definition) is 1. The number of H-pyrrole nitrogens is 1. The van der Waals surface area contributed by atoms with Gasteiger partial charge in [0.2, 0.25) is 0 Å². The Morgan fingerprint density at radius 3 is 3.00 bits per heavy atom.